The van der Waals surface area contributed by atoms with Crippen LogP contribution in [0.5, 0.6) is 5.75 Å². The van der Waals surface area contributed by atoms with Crippen molar-refractivity contribution in [3.05, 3.63) is 30.0 Å². The highest BCUT2D eigenvalue weighted by atomic mass is 16.5. The zero-order valence-electron chi connectivity index (χ0n) is 13.3. The second-order valence-corrected chi connectivity index (χ2v) is 6.20. The minimum atomic E-state index is 0.379. The lowest BCUT2D eigenvalue weighted by Crippen LogP contribution is -2.25. The van der Waals surface area contributed by atoms with Crippen LogP contribution in [0.3, 0.4) is 0 Å². The Bertz CT molecular complexity index is 657. The molecule has 0 spiro atoms. The number of rotatable bonds is 4. The van der Waals surface area contributed by atoms with Gasteiger partial charge in [-0.1, -0.05) is 12.5 Å². The molecule has 0 amide bonds. The van der Waals surface area contributed by atoms with Crippen LogP contribution in [0.15, 0.2) is 24.3 Å². The predicted octanol–water partition coefficient (Wildman–Crippen LogP) is 3.71. The van der Waals surface area contributed by atoms with Crippen molar-refractivity contribution >= 4 is 16.6 Å². The molecule has 0 radical (unpaired) electrons. The topological polar surface area (TPSA) is 57.4 Å². The number of fused-ring (bicyclic) bond motifs is 1. The Balaban J connectivity index is 1.77. The lowest BCUT2D eigenvalue weighted by molar-refractivity contribution is 0.0396. The van der Waals surface area contributed by atoms with E-state index < -0.39 is 0 Å². The summed E-state index contributed by atoms with van der Waals surface area (Å²) in [6.45, 7) is 2.67. The van der Waals surface area contributed by atoms with Crippen LogP contribution in [0.2, 0.25) is 0 Å². The molecule has 3 rings (SSSR count). The number of nitrogens with zero attached hydrogens (tertiary/aromatic N) is 1. The number of ether oxygens (including phenoxy) is 2. The highest BCUT2D eigenvalue weighted by molar-refractivity contribution is 5.95. The lowest BCUT2D eigenvalue weighted by Gasteiger charge is -2.28. The molecule has 1 heterocycles. The smallest absolute Gasteiger partial charge is 0.130 e. The van der Waals surface area contributed by atoms with Gasteiger partial charge in [0.2, 0.25) is 0 Å². The normalized spacial score (nSPS) is 21.9. The Kier molecular flexibility index (Phi) is 4.48. The molecule has 1 aliphatic rings. The molecular formula is C18H24N2O2. The Morgan fingerprint density at radius 1 is 1.32 bits per heavy atom. The molecule has 2 unspecified atom stereocenters. The Labute approximate surface area is 131 Å². The maximum absolute atomic E-state index is 6.17. The molecule has 118 valence electrons. The van der Waals surface area contributed by atoms with Crippen LogP contribution >= 0.6 is 0 Å². The van der Waals surface area contributed by atoms with Gasteiger partial charge in [-0.05, 0) is 50.3 Å². The van der Waals surface area contributed by atoms with Crippen LogP contribution in [0.25, 0.3) is 10.9 Å². The molecule has 4 nitrogen and oxygen atoms in total. The molecule has 1 aliphatic carbocycles. The summed E-state index contributed by atoms with van der Waals surface area (Å²) < 4.78 is 11.6. The van der Waals surface area contributed by atoms with E-state index in [-0.39, 0.29) is 0 Å². The molecule has 1 saturated carbocycles. The number of hydrogen-bond donors (Lipinski definition) is 1. The number of anilines is 1. The number of aryl methyl sites for hydroxylation is 1. The number of nitrogens with two attached hydrogens (primary N) is 1. The standard InChI is InChI=1S/C18H24N2O2/c1-12-9-15(19)18-16(20-12)7-4-8-17(18)22-11-13-5-3-6-14(10-13)21-2/h4,7-9,13-14H,3,5-6,10-11H2,1-2H3,(H2,19,20). The van der Waals surface area contributed by atoms with Gasteiger partial charge in [-0.2, -0.15) is 0 Å². The van der Waals surface area contributed by atoms with Crippen molar-refractivity contribution in [3.63, 3.8) is 0 Å². The summed E-state index contributed by atoms with van der Waals surface area (Å²) in [5.41, 5.74) is 8.73. The van der Waals surface area contributed by atoms with Crippen LogP contribution in [0.4, 0.5) is 5.69 Å². The summed E-state index contributed by atoms with van der Waals surface area (Å²) in [6.07, 6.45) is 5.04. The molecular weight excluding hydrogens is 276 g/mol. The molecule has 2 N–H and O–H groups in total. The van der Waals surface area contributed by atoms with Crippen molar-refractivity contribution in [3.8, 4) is 5.75 Å². The maximum atomic E-state index is 6.17. The Morgan fingerprint density at radius 3 is 3.00 bits per heavy atom. The average molecular weight is 300 g/mol. The Hall–Kier alpha value is -1.81. The van der Waals surface area contributed by atoms with E-state index in [1.807, 2.05) is 31.2 Å². The first kappa shape index (κ1) is 15.1. The fraction of sp³-hybridized carbons (Fsp3) is 0.500. The average Bonchev–Trinajstić information content (AvgIpc) is 2.52. The zero-order chi connectivity index (χ0) is 15.5. The first-order valence-corrected chi connectivity index (χ1v) is 7.99. The molecule has 0 saturated heterocycles. The van der Waals surface area contributed by atoms with Crippen LogP contribution in [-0.2, 0) is 4.74 Å². The van der Waals surface area contributed by atoms with E-state index in [1.54, 1.807) is 7.11 Å². The molecule has 4 heteroatoms. The third kappa shape index (κ3) is 3.17. The first-order valence-electron chi connectivity index (χ1n) is 7.99. The third-order valence-electron chi connectivity index (χ3n) is 4.50. The van der Waals surface area contributed by atoms with Crippen molar-refractivity contribution in [2.24, 2.45) is 5.92 Å². The van der Waals surface area contributed by atoms with E-state index >= 15 is 0 Å². The summed E-state index contributed by atoms with van der Waals surface area (Å²) >= 11 is 0. The second-order valence-electron chi connectivity index (χ2n) is 6.20. The van der Waals surface area contributed by atoms with Gasteiger partial charge in [-0.25, -0.2) is 0 Å². The molecule has 0 aliphatic heterocycles. The summed E-state index contributed by atoms with van der Waals surface area (Å²) in [4.78, 5) is 4.54. The molecule has 1 aromatic heterocycles. The number of benzene rings is 1. The first-order chi connectivity index (χ1) is 10.7. The monoisotopic (exact) mass is 300 g/mol. The van der Waals surface area contributed by atoms with E-state index in [4.69, 9.17) is 15.2 Å². The largest absolute Gasteiger partial charge is 0.493 e. The van der Waals surface area contributed by atoms with E-state index in [2.05, 4.69) is 4.98 Å². The van der Waals surface area contributed by atoms with Gasteiger partial charge in [0.25, 0.3) is 0 Å². The zero-order valence-corrected chi connectivity index (χ0v) is 13.3. The van der Waals surface area contributed by atoms with Gasteiger partial charge >= 0.3 is 0 Å². The van der Waals surface area contributed by atoms with Crippen molar-refractivity contribution in [2.45, 2.75) is 38.7 Å². The minimum Gasteiger partial charge on any atom is -0.493 e. The fourth-order valence-electron chi connectivity index (χ4n) is 3.36. The van der Waals surface area contributed by atoms with Gasteiger partial charge in [0.1, 0.15) is 5.75 Å². The third-order valence-corrected chi connectivity index (χ3v) is 4.50. The van der Waals surface area contributed by atoms with Gasteiger partial charge < -0.3 is 15.2 Å². The number of pyridine rings is 1. The van der Waals surface area contributed by atoms with Gasteiger partial charge in [-0.15, -0.1) is 0 Å². The van der Waals surface area contributed by atoms with Crippen molar-refractivity contribution in [1.29, 1.82) is 0 Å². The van der Waals surface area contributed by atoms with E-state index in [0.717, 1.165) is 40.9 Å². The van der Waals surface area contributed by atoms with Crippen molar-refractivity contribution in [1.82, 2.24) is 4.98 Å². The van der Waals surface area contributed by atoms with Gasteiger partial charge in [0, 0.05) is 18.5 Å². The lowest BCUT2D eigenvalue weighted by atomic mass is 9.88. The van der Waals surface area contributed by atoms with Crippen LogP contribution in [-0.4, -0.2) is 24.8 Å². The van der Waals surface area contributed by atoms with E-state index in [9.17, 15) is 0 Å². The van der Waals surface area contributed by atoms with E-state index in [0.29, 0.717) is 18.6 Å². The number of methoxy groups -OCH3 is 1. The highest BCUT2D eigenvalue weighted by Crippen LogP contribution is 2.32. The number of hydrogen-bond acceptors (Lipinski definition) is 4. The predicted molar refractivity (Wildman–Crippen MR) is 89.1 cm³/mol. The second kappa shape index (κ2) is 6.53. The number of aromatic nitrogens is 1. The summed E-state index contributed by atoms with van der Waals surface area (Å²) in [7, 11) is 1.80. The maximum Gasteiger partial charge on any atom is 0.130 e. The summed E-state index contributed by atoms with van der Waals surface area (Å²) in [6, 6.07) is 7.83. The van der Waals surface area contributed by atoms with E-state index in [1.165, 1.54) is 12.8 Å². The molecule has 1 aromatic carbocycles. The molecule has 2 atom stereocenters. The van der Waals surface area contributed by atoms with Crippen molar-refractivity contribution in [2.75, 3.05) is 19.5 Å². The molecule has 2 aromatic rings. The van der Waals surface area contributed by atoms with Gasteiger partial charge in [0.05, 0.1) is 23.6 Å². The van der Waals surface area contributed by atoms with Crippen LogP contribution in [0, 0.1) is 12.8 Å². The van der Waals surface area contributed by atoms with Gasteiger partial charge in [0.15, 0.2) is 0 Å². The minimum absolute atomic E-state index is 0.379. The highest BCUT2D eigenvalue weighted by Gasteiger charge is 2.22. The summed E-state index contributed by atoms with van der Waals surface area (Å²) in [5.74, 6) is 1.38. The van der Waals surface area contributed by atoms with Crippen LogP contribution < -0.4 is 10.5 Å². The van der Waals surface area contributed by atoms with Crippen LogP contribution in [0.1, 0.15) is 31.4 Å². The molecule has 0 bridgehead atoms. The SMILES string of the molecule is COC1CCCC(COc2cccc3nc(C)cc(N)c23)C1. The summed E-state index contributed by atoms with van der Waals surface area (Å²) in [5, 5.41) is 0.923. The number of nitrogen functional groups attached to an aromatic ring is 1. The fourth-order valence-corrected chi connectivity index (χ4v) is 3.36. The molecule has 22 heavy (non-hydrogen) atoms. The Morgan fingerprint density at radius 2 is 2.18 bits per heavy atom. The van der Waals surface area contributed by atoms with Crippen molar-refractivity contribution < 1.29 is 9.47 Å². The quantitative estimate of drug-likeness (QED) is 0.935. The van der Waals surface area contributed by atoms with Gasteiger partial charge in [-0.3, -0.25) is 4.98 Å². The molecule has 1 fully saturated rings.